The number of amides is 1. The number of aromatic nitrogens is 2. The van der Waals surface area contributed by atoms with Crippen LogP contribution in [0.1, 0.15) is 15.9 Å². The minimum Gasteiger partial charge on any atom is -0.394 e. The molecule has 0 aliphatic carbocycles. The van der Waals surface area contributed by atoms with E-state index < -0.39 is 17.8 Å². The average Bonchev–Trinajstić information content (AvgIpc) is 3.29. The fourth-order valence-corrected chi connectivity index (χ4v) is 3.53. The summed E-state index contributed by atoms with van der Waals surface area (Å²) in [6, 6.07) is 20.5. The van der Waals surface area contributed by atoms with Crippen molar-refractivity contribution in [3.8, 4) is 22.5 Å². The quantitative estimate of drug-likeness (QED) is 0.405. The number of hydrogen-bond acceptors (Lipinski definition) is 3. The molecule has 1 heterocycles. The van der Waals surface area contributed by atoms with Crippen LogP contribution in [0.5, 0.6) is 0 Å². The summed E-state index contributed by atoms with van der Waals surface area (Å²) in [5.74, 6) is -1.46. The van der Waals surface area contributed by atoms with Crippen molar-refractivity contribution in [2.24, 2.45) is 0 Å². The highest BCUT2D eigenvalue weighted by Crippen LogP contribution is 2.29. The number of nitrogens with zero attached hydrogens (tertiary/aromatic N) is 1. The molecular weight excluding hydrogens is 412 g/mol. The van der Waals surface area contributed by atoms with Gasteiger partial charge in [-0.25, -0.2) is 8.78 Å². The monoisotopic (exact) mass is 433 g/mol. The van der Waals surface area contributed by atoms with Crippen molar-refractivity contribution >= 4 is 5.91 Å². The molecular formula is C25H21F2N3O2. The lowest BCUT2D eigenvalue weighted by Crippen LogP contribution is -2.39. The van der Waals surface area contributed by atoms with Gasteiger partial charge in [-0.2, -0.15) is 5.10 Å². The van der Waals surface area contributed by atoms with Crippen molar-refractivity contribution in [3.05, 3.63) is 102 Å². The SMILES string of the molecule is O=C(N[C@@H](CO)Cc1ccccc1)c1cccc(F)c1-c1cc(-c2ccc(F)cc2)n[nH]1. The van der Waals surface area contributed by atoms with E-state index >= 15 is 0 Å². The van der Waals surface area contributed by atoms with E-state index in [2.05, 4.69) is 15.5 Å². The van der Waals surface area contributed by atoms with Gasteiger partial charge in [0.2, 0.25) is 0 Å². The maximum absolute atomic E-state index is 14.8. The molecule has 5 nitrogen and oxygen atoms in total. The van der Waals surface area contributed by atoms with Gasteiger partial charge in [-0.3, -0.25) is 9.89 Å². The van der Waals surface area contributed by atoms with E-state index in [1.165, 1.54) is 30.3 Å². The minimum atomic E-state index is -0.587. The first-order valence-electron chi connectivity index (χ1n) is 10.1. The summed E-state index contributed by atoms with van der Waals surface area (Å²) in [7, 11) is 0. The van der Waals surface area contributed by atoms with Crippen molar-refractivity contribution in [1.82, 2.24) is 15.5 Å². The van der Waals surface area contributed by atoms with E-state index in [-0.39, 0.29) is 23.6 Å². The molecule has 0 fully saturated rings. The number of aromatic amines is 1. The Kier molecular flexibility index (Phi) is 6.37. The van der Waals surface area contributed by atoms with Crippen LogP contribution >= 0.6 is 0 Å². The predicted molar refractivity (Wildman–Crippen MR) is 118 cm³/mol. The number of halogens is 2. The molecule has 7 heteroatoms. The predicted octanol–water partition coefficient (Wildman–Crippen LogP) is 4.36. The molecule has 32 heavy (non-hydrogen) atoms. The van der Waals surface area contributed by atoms with Gasteiger partial charge < -0.3 is 10.4 Å². The molecule has 0 aliphatic heterocycles. The zero-order valence-corrected chi connectivity index (χ0v) is 17.1. The molecule has 0 radical (unpaired) electrons. The molecule has 0 unspecified atom stereocenters. The van der Waals surface area contributed by atoms with Crippen LogP contribution in [0.3, 0.4) is 0 Å². The smallest absolute Gasteiger partial charge is 0.252 e. The molecule has 0 aliphatic rings. The number of H-pyrrole nitrogens is 1. The molecule has 162 valence electrons. The Morgan fingerprint density at radius 2 is 1.75 bits per heavy atom. The number of benzene rings is 3. The molecule has 0 saturated heterocycles. The molecule has 3 aromatic carbocycles. The third-order valence-electron chi connectivity index (χ3n) is 5.13. The molecule has 4 rings (SSSR count). The van der Waals surface area contributed by atoms with Gasteiger partial charge in [0.05, 0.1) is 29.6 Å². The largest absolute Gasteiger partial charge is 0.394 e. The van der Waals surface area contributed by atoms with Crippen LogP contribution in [-0.4, -0.2) is 33.9 Å². The molecule has 0 bridgehead atoms. The van der Waals surface area contributed by atoms with Gasteiger partial charge in [0.15, 0.2) is 0 Å². The third kappa shape index (κ3) is 4.73. The molecule has 1 amide bonds. The minimum absolute atomic E-state index is 0.0715. The first-order chi connectivity index (χ1) is 15.5. The molecule has 4 aromatic rings. The average molecular weight is 433 g/mol. The number of hydrogen-bond donors (Lipinski definition) is 3. The molecule has 1 aromatic heterocycles. The van der Waals surface area contributed by atoms with E-state index in [1.807, 2.05) is 30.3 Å². The highest BCUT2D eigenvalue weighted by atomic mass is 19.1. The van der Waals surface area contributed by atoms with Crippen molar-refractivity contribution in [2.45, 2.75) is 12.5 Å². The number of rotatable bonds is 7. The summed E-state index contributed by atoms with van der Waals surface area (Å²) in [5.41, 5.74) is 2.61. The second-order valence-corrected chi connectivity index (χ2v) is 7.38. The summed E-state index contributed by atoms with van der Waals surface area (Å²) >= 11 is 0. The van der Waals surface area contributed by atoms with E-state index in [4.69, 9.17) is 0 Å². The van der Waals surface area contributed by atoms with Crippen molar-refractivity contribution in [3.63, 3.8) is 0 Å². The van der Waals surface area contributed by atoms with Gasteiger partial charge in [-0.15, -0.1) is 0 Å². The fourth-order valence-electron chi connectivity index (χ4n) is 3.53. The Labute approximate surface area is 183 Å². The first-order valence-corrected chi connectivity index (χ1v) is 10.1. The van der Waals surface area contributed by atoms with E-state index in [0.717, 1.165) is 5.56 Å². The zero-order valence-electron chi connectivity index (χ0n) is 17.1. The summed E-state index contributed by atoms with van der Waals surface area (Å²) < 4.78 is 28.0. The number of aliphatic hydroxyl groups is 1. The number of carbonyl (C=O) groups excluding carboxylic acids is 1. The Balaban J connectivity index is 1.60. The van der Waals surface area contributed by atoms with E-state index in [0.29, 0.717) is 23.4 Å². The van der Waals surface area contributed by atoms with Crippen molar-refractivity contribution < 1.29 is 18.7 Å². The number of aliphatic hydroxyl groups excluding tert-OH is 1. The van der Waals surface area contributed by atoms with Gasteiger partial charge in [-0.05, 0) is 54.4 Å². The van der Waals surface area contributed by atoms with Gasteiger partial charge in [-0.1, -0.05) is 36.4 Å². The fraction of sp³-hybridized carbons (Fsp3) is 0.120. The van der Waals surface area contributed by atoms with E-state index in [9.17, 15) is 18.7 Å². The molecule has 0 saturated carbocycles. The standard InChI is InChI=1S/C25H21F2N3O2/c26-18-11-9-17(10-12-18)22-14-23(30-29-22)24-20(7-4-8-21(24)27)25(32)28-19(15-31)13-16-5-2-1-3-6-16/h1-12,14,19,31H,13,15H2,(H,28,32)(H,29,30)/t19-/m1/s1. The van der Waals surface area contributed by atoms with E-state index in [1.54, 1.807) is 18.2 Å². The topological polar surface area (TPSA) is 78.0 Å². The van der Waals surface area contributed by atoms with Crippen molar-refractivity contribution in [1.29, 1.82) is 0 Å². The van der Waals surface area contributed by atoms with Crippen LogP contribution < -0.4 is 5.32 Å². The molecule has 1 atom stereocenters. The second kappa shape index (κ2) is 9.53. The Morgan fingerprint density at radius 1 is 1.00 bits per heavy atom. The number of nitrogens with one attached hydrogen (secondary N) is 2. The molecule has 3 N–H and O–H groups in total. The van der Waals surface area contributed by atoms with Gasteiger partial charge in [0.1, 0.15) is 11.6 Å². The highest BCUT2D eigenvalue weighted by molar-refractivity contribution is 6.01. The van der Waals surface area contributed by atoms with Crippen LogP contribution in [0.2, 0.25) is 0 Å². The first kappa shape index (κ1) is 21.4. The third-order valence-corrected chi connectivity index (χ3v) is 5.13. The Bertz CT molecular complexity index is 1210. The summed E-state index contributed by atoms with van der Waals surface area (Å²) in [6.45, 7) is -0.260. The Hall–Kier alpha value is -3.84. The zero-order chi connectivity index (χ0) is 22.5. The van der Waals surface area contributed by atoms with Crippen LogP contribution in [0.15, 0.2) is 78.9 Å². The maximum atomic E-state index is 14.8. The maximum Gasteiger partial charge on any atom is 0.252 e. The van der Waals surface area contributed by atoms with Crippen LogP contribution in [0.25, 0.3) is 22.5 Å². The second-order valence-electron chi connectivity index (χ2n) is 7.38. The lowest BCUT2D eigenvalue weighted by Gasteiger charge is -2.18. The van der Waals surface area contributed by atoms with Crippen LogP contribution in [0, 0.1) is 11.6 Å². The Morgan fingerprint density at radius 3 is 2.47 bits per heavy atom. The normalized spacial score (nSPS) is 11.8. The summed E-state index contributed by atoms with van der Waals surface area (Å²) in [4.78, 5) is 13.0. The van der Waals surface area contributed by atoms with Crippen LogP contribution in [0.4, 0.5) is 8.78 Å². The van der Waals surface area contributed by atoms with Gasteiger partial charge in [0, 0.05) is 11.1 Å². The molecule has 0 spiro atoms. The van der Waals surface area contributed by atoms with Crippen LogP contribution in [-0.2, 0) is 6.42 Å². The summed E-state index contributed by atoms with van der Waals surface area (Å²) in [5, 5.41) is 19.5. The highest BCUT2D eigenvalue weighted by Gasteiger charge is 2.21. The van der Waals surface area contributed by atoms with Crippen molar-refractivity contribution in [2.75, 3.05) is 6.61 Å². The number of carbonyl (C=O) groups is 1. The summed E-state index contributed by atoms with van der Waals surface area (Å²) in [6.07, 6.45) is 0.437. The van der Waals surface area contributed by atoms with Gasteiger partial charge in [0.25, 0.3) is 5.91 Å². The van der Waals surface area contributed by atoms with Gasteiger partial charge >= 0.3 is 0 Å². The lowest BCUT2D eigenvalue weighted by molar-refractivity contribution is 0.0916. The lowest BCUT2D eigenvalue weighted by atomic mass is 10.0.